The van der Waals surface area contributed by atoms with E-state index in [1.807, 2.05) is 0 Å². The summed E-state index contributed by atoms with van der Waals surface area (Å²) in [4.78, 5) is 28.8. The highest BCUT2D eigenvalue weighted by atomic mass is 32.1. The lowest BCUT2D eigenvalue weighted by atomic mass is 9.93. The van der Waals surface area contributed by atoms with Crippen molar-refractivity contribution >= 4 is 28.8 Å². The van der Waals surface area contributed by atoms with Gasteiger partial charge in [-0.15, -0.1) is 11.3 Å². The summed E-state index contributed by atoms with van der Waals surface area (Å²) in [5, 5.41) is 5.78. The molecule has 2 aromatic heterocycles. The maximum Gasteiger partial charge on any atom is 0.316 e. The van der Waals surface area contributed by atoms with E-state index >= 15 is 0 Å². The number of Topliss-reactive ketones (excluding diaryl/α,β-unsaturated/α-hetero) is 1. The zero-order chi connectivity index (χ0) is 19.2. The molecule has 8 heteroatoms. The highest BCUT2D eigenvalue weighted by molar-refractivity contribution is 7.15. The van der Waals surface area contributed by atoms with Gasteiger partial charge in [-0.25, -0.2) is 9.18 Å². The van der Waals surface area contributed by atoms with E-state index in [0.717, 1.165) is 32.1 Å². The molecule has 0 radical (unpaired) electrons. The average molecular weight is 386 g/mol. The highest BCUT2D eigenvalue weighted by Gasteiger charge is 2.22. The van der Waals surface area contributed by atoms with Gasteiger partial charge in [-0.05, 0) is 44.0 Å². The van der Waals surface area contributed by atoms with Gasteiger partial charge >= 0.3 is 6.03 Å². The first kappa shape index (κ1) is 19.0. The minimum absolute atomic E-state index is 0.0436. The predicted molar refractivity (Wildman–Crippen MR) is 102 cm³/mol. The number of aromatic nitrogens is 1. The van der Waals surface area contributed by atoms with Crippen LogP contribution in [0.1, 0.15) is 39.4 Å². The van der Waals surface area contributed by atoms with Crippen molar-refractivity contribution in [3.63, 3.8) is 0 Å². The lowest BCUT2D eigenvalue weighted by molar-refractivity contribution is 0.0958. The molecule has 3 heterocycles. The topological polar surface area (TPSA) is 97.1 Å². The van der Waals surface area contributed by atoms with Crippen molar-refractivity contribution < 1.29 is 14.0 Å². The van der Waals surface area contributed by atoms with Crippen LogP contribution in [0, 0.1) is 23.6 Å². The van der Waals surface area contributed by atoms with Crippen molar-refractivity contribution in [1.29, 1.82) is 0 Å². The second kappa shape index (κ2) is 8.75. The smallest absolute Gasteiger partial charge is 0.316 e. The molecule has 1 atom stereocenters. The second-order valence-electron chi connectivity index (χ2n) is 6.32. The number of nitrogens with zero attached hydrogens (tertiary/aromatic N) is 1. The van der Waals surface area contributed by atoms with Crippen LogP contribution in [0.25, 0.3) is 0 Å². The highest BCUT2D eigenvalue weighted by Crippen LogP contribution is 2.30. The maximum absolute atomic E-state index is 13.2. The fraction of sp³-hybridized carbons (Fsp3) is 0.316. The van der Waals surface area contributed by atoms with Crippen LogP contribution in [0.5, 0.6) is 0 Å². The molecule has 3 rings (SSSR count). The zero-order valence-electron chi connectivity index (χ0n) is 14.5. The number of urea groups is 1. The fourth-order valence-electron chi connectivity index (χ4n) is 2.95. The van der Waals surface area contributed by atoms with E-state index in [4.69, 9.17) is 5.73 Å². The number of hydrogen-bond donors (Lipinski definition) is 3. The van der Waals surface area contributed by atoms with Gasteiger partial charge < -0.3 is 16.4 Å². The molecule has 0 saturated carbocycles. The van der Waals surface area contributed by atoms with Crippen molar-refractivity contribution in [1.82, 2.24) is 10.3 Å². The number of hydrogen-bond acceptors (Lipinski definition) is 5. The van der Waals surface area contributed by atoms with E-state index in [1.54, 1.807) is 6.07 Å². The lowest BCUT2D eigenvalue weighted by Gasteiger charge is -2.21. The molecule has 1 aliphatic heterocycles. The molecule has 27 heavy (non-hydrogen) atoms. The van der Waals surface area contributed by atoms with Gasteiger partial charge in [0.2, 0.25) is 0 Å². The summed E-state index contributed by atoms with van der Waals surface area (Å²) in [5.74, 6) is 5.46. The Morgan fingerprint density at radius 1 is 1.37 bits per heavy atom. The number of nitrogens with two attached hydrogens (primary N) is 1. The Hall–Kier alpha value is -2.76. The largest absolute Gasteiger partial charge is 0.351 e. The third-order valence-corrected chi connectivity index (χ3v) is 5.24. The molecule has 1 saturated heterocycles. The zero-order valence-corrected chi connectivity index (χ0v) is 15.4. The Morgan fingerprint density at radius 3 is 2.93 bits per heavy atom. The van der Waals surface area contributed by atoms with Crippen molar-refractivity contribution in [2.45, 2.75) is 19.3 Å². The number of thiophene rings is 1. The normalized spacial score (nSPS) is 16.3. The van der Waals surface area contributed by atoms with Crippen LogP contribution < -0.4 is 16.4 Å². The molecule has 0 spiro atoms. The lowest BCUT2D eigenvalue weighted by Crippen LogP contribution is -2.31. The Balaban J connectivity index is 1.82. The molecule has 4 N–H and O–H groups in total. The number of nitrogens with one attached hydrogen (secondary N) is 2. The number of piperidine rings is 1. The molecule has 140 valence electrons. The van der Waals surface area contributed by atoms with Gasteiger partial charge in [0.05, 0.1) is 21.6 Å². The van der Waals surface area contributed by atoms with E-state index in [0.29, 0.717) is 27.4 Å². The van der Waals surface area contributed by atoms with Crippen molar-refractivity contribution in [3.05, 3.63) is 45.7 Å². The van der Waals surface area contributed by atoms with E-state index in [1.165, 1.54) is 23.6 Å². The molecule has 0 unspecified atom stereocenters. The van der Waals surface area contributed by atoms with E-state index in [2.05, 4.69) is 27.5 Å². The number of anilines is 1. The molecule has 2 amide bonds. The van der Waals surface area contributed by atoms with Crippen LogP contribution in [0.3, 0.4) is 0 Å². The van der Waals surface area contributed by atoms with Crippen LogP contribution in [0.4, 0.5) is 14.9 Å². The first-order valence-electron chi connectivity index (χ1n) is 8.58. The Morgan fingerprint density at radius 2 is 2.22 bits per heavy atom. The molecular weight excluding hydrogens is 367 g/mol. The minimum Gasteiger partial charge on any atom is -0.351 e. The SMILES string of the molecule is NC(=O)Nc1cc(C#Cc2cncc(F)c2)sc1C(=O)C[C@H]1CCCNC1. The monoisotopic (exact) mass is 386 g/mol. The van der Waals surface area contributed by atoms with Crippen LogP contribution >= 0.6 is 11.3 Å². The van der Waals surface area contributed by atoms with Gasteiger partial charge in [0.25, 0.3) is 0 Å². The number of primary amides is 1. The van der Waals surface area contributed by atoms with Gasteiger partial charge in [-0.2, -0.15) is 0 Å². The standard InChI is InChI=1S/C19H19FN4O2S/c20-14-6-13(10-23-11-14)3-4-15-8-16(24-19(21)26)18(27-15)17(25)7-12-2-1-5-22-9-12/h6,8,10-12,22H,1-2,5,7,9H2,(H3,21,24,26)/t12-/m1/s1. The third-order valence-electron chi connectivity index (χ3n) is 4.15. The number of pyridine rings is 1. The van der Waals surface area contributed by atoms with Crippen LogP contribution in [0.2, 0.25) is 0 Å². The van der Waals surface area contributed by atoms with Crippen LogP contribution in [-0.2, 0) is 0 Å². The summed E-state index contributed by atoms with van der Waals surface area (Å²) in [5.41, 5.74) is 6.00. The number of ketones is 1. The average Bonchev–Trinajstić information content (AvgIpc) is 3.03. The van der Waals surface area contributed by atoms with Gasteiger partial charge in [-0.3, -0.25) is 9.78 Å². The predicted octanol–water partition coefficient (Wildman–Crippen LogP) is 2.75. The van der Waals surface area contributed by atoms with Gasteiger partial charge in [0, 0.05) is 18.2 Å². The van der Waals surface area contributed by atoms with Crippen molar-refractivity contribution in [2.75, 3.05) is 18.4 Å². The maximum atomic E-state index is 13.2. The molecule has 0 aliphatic carbocycles. The number of amides is 2. The van der Waals surface area contributed by atoms with Crippen LogP contribution in [-0.4, -0.2) is 29.9 Å². The summed E-state index contributed by atoms with van der Waals surface area (Å²) < 4.78 is 13.2. The van der Waals surface area contributed by atoms with E-state index < -0.39 is 11.8 Å². The molecule has 2 aromatic rings. The summed E-state index contributed by atoms with van der Waals surface area (Å²) in [7, 11) is 0. The van der Waals surface area contributed by atoms with Crippen molar-refractivity contribution in [3.8, 4) is 11.8 Å². The summed E-state index contributed by atoms with van der Waals surface area (Å²) in [6.07, 6.45) is 5.01. The molecule has 0 bridgehead atoms. The fourth-order valence-corrected chi connectivity index (χ4v) is 3.87. The summed E-state index contributed by atoms with van der Waals surface area (Å²) in [6, 6.07) is 2.15. The molecule has 1 fully saturated rings. The third kappa shape index (κ3) is 5.36. The van der Waals surface area contributed by atoms with Gasteiger partial charge in [-0.1, -0.05) is 11.8 Å². The van der Waals surface area contributed by atoms with E-state index in [-0.39, 0.29) is 11.7 Å². The molecule has 6 nitrogen and oxygen atoms in total. The molecular formula is C19H19FN4O2S. The number of halogens is 1. The quantitative estimate of drug-likeness (QED) is 0.556. The number of carbonyl (C=O) groups is 2. The minimum atomic E-state index is -0.741. The van der Waals surface area contributed by atoms with E-state index in [9.17, 15) is 14.0 Å². The van der Waals surface area contributed by atoms with Gasteiger partial charge in [0.1, 0.15) is 5.82 Å². The molecule has 0 aromatic carbocycles. The molecule has 1 aliphatic rings. The van der Waals surface area contributed by atoms with Crippen molar-refractivity contribution in [2.24, 2.45) is 11.7 Å². The first-order chi connectivity index (χ1) is 13.0. The second-order valence-corrected chi connectivity index (χ2v) is 7.38. The Kier molecular flexibility index (Phi) is 6.16. The Bertz CT molecular complexity index is 910. The number of rotatable bonds is 4. The first-order valence-corrected chi connectivity index (χ1v) is 9.39. The van der Waals surface area contributed by atoms with Gasteiger partial charge in [0.15, 0.2) is 5.78 Å². The summed E-state index contributed by atoms with van der Waals surface area (Å²) >= 11 is 1.19. The summed E-state index contributed by atoms with van der Waals surface area (Å²) in [6.45, 7) is 1.79. The Labute approximate surface area is 160 Å². The van der Waals surface area contributed by atoms with Crippen LogP contribution in [0.15, 0.2) is 24.5 Å². The number of carbonyl (C=O) groups excluding carboxylic acids is 2.